The van der Waals surface area contributed by atoms with E-state index in [9.17, 15) is 0 Å². The van der Waals surface area contributed by atoms with Gasteiger partial charge in [-0.05, 0) is 12.8 Å². The van der Waals surface area contributed by atoms with Gasteiger partial charge in [-0.15, -0.1) is 0 Å². The van der Waals surface area contributed by atoms with E-state index in [2.05, 4.69) is 21.0 Å². The highest BCUT2D eigenvalue weighted by Gasteiger charge is 2.36. The van der Waals surface area contributed by atoms with Gasteiger partial charge >= 0.3 is 0 Å². The summed E-state index contributed by atoms with van der Waals surface area (Å²) in [6, 6.07) is 0. The number of quaternary nitrogens is 1. The van der Waals surface area contributed by atoms with Crippen LogP contribution in [-0.4, -0.2) is 68.3 Å². The largest absolute Gasteiger partial charge is 1.00 e. The van der Waals surface area contributed by atoms with E-state index >= 15 is 0 Å². The average molecular weight is 496 g/mol. The number of ether oxygens (including phenoxy) is 3. The zero-order valence-electron chi connectivity index (χ0n) is 22.9. The fourth-order valence-electron chi connectivity index (χ4n) is 4.39. The van der Waals surface area contributed by atoms with Crippen LogP contribution in [0, 0.1) is 0 Å². The molecule has 0 bridgehead atoms. The molecule has 1 atom stereocenters. The molecule has 0 aromatic heterocycles. The molecule has 196 valence electrons. The van der Waals surface area contributed by atoms with Crippen LogP contribution < -0.4 is 12.4 Å². The Labute approximate surface area is 210 Å². The van der Waals surface area contributed by atoms with Crippen LogP contribution in [0.1, 0.15) is 116 Å². The van der Waals surface area contributed by atoms with E-state index in [0.29, 0.717) is 0 Å². The summed E-state index contributed by atoms with van der Waals surface area (Å²) in [5, 5.41) is 0. The van der Waals surface area contributed by atoms with Gasteiger partial charge in [-0.1, -0.05) is 96.8 Å². The lowest BCUT2D eigenvalue weighted by Crippen LogP contribution is -3.00. The van der Waals surface area contributed by atoms with Crippen molar-refractivity contribution in [2.24, 2.45) is 0 Å². The normalized spacial score (nSPS) is 13.3. The highest BCUT2D eigenvalue weighted by atomic mass is 35.5. The minimum Gasteiger partial charge on any atom is -1.00 e. The van der Waals surface area contributed by atoms with Crippen LogP contribution in [0.4, 0.5) is 0 Å². The van der Waals surface area contributed by atoms with Crippen LogP contribution in [0.2, 0.25) is 0 Å². The maximum Gasteiger partial charge on any atom is 0.197 e. The lowest BCUT2D eigenvalue weighted by atomic mass is 10.0. The maximum absolute atomic E-state index is 5.83. The number of rotatable bonds is 23. The van der Waals surface area contributed by atoms with Crippen molar-refractivity contribution in [2.45, 2.75) is 128 Å². The number of halogens is 1. The van der Waals surface area contributed by atoms with Crippen molar-refractivity contribution < 1.29 is 31.1 Å². The second-order valence-corrected chi connectivity index (χ2v) is 11.8. The first-order valence-electron chi connectivity index (χ1n) is 13.3. The first-order valence-corrected chi connectivity index (χ1v) is 14.3. The topological polar surface area (TPSA) is 27.7 Å². The minimum absolute atomic E-state index is 0. The zero-order valence-corrected chi connectivity index (χ0v) is 25.6. The van der Waals surface area contributed by atoms with Crippen molar-refractivity contribution in [1.82, 2.24) is 0 Å². The van der Waals surface area contributed by atoms with E-state index in [0.717, 1.165) is 27.7 Å². The number of nitrogens with zero attached hydrogens (tertiary/aromatic N) is 1. The fraction of sp³-hybridized carbons (Fsp3) is 1.00. The van der Waals surface area contributed by atoms with Gasteiger partial charge < -0.3 is 31.1 Å². The summed E-state index contributed by atoms with van der Waals surface area (Å²) >= 11 is 0. The van der Waals surface area contributed by atoms with Gasteiger partial charge in [0.1, 0.15) is 5.41 Å². The zero-order chi connectivity index (χ0) is 23.4. The molecule has 0 rings (SSSR count). The highest BCUT2D eigenvalue weighted by Crippen LogP contribution is 2.22. The molecule has 1 unspecified atom stereocenters. The molecule has 0 spiro atoms. The second kappa shape index (κ2) is 21.9. The molecule has 0 saturated carbocycles. The molecule has 0 heterocycles. The number of unbranched alkanes of at least 4 members (excludes halogenated alkanes) is 15. The van der Waals surface area contributed by atoms with Gasteiger partial charge in [0.05, 0.1) is 37.3 Å². The van der Waals surface area contributed by atoms with Crippen molar-refractivity contribution in [3.63, 3.8) is 0 Å². The van der Waals surface area contributed by atoms with E-state index in [-0.39, 0.29) is 18.6 Å². The second-order valence-electron chi connectivity index (χ2n) is 10.2. The SMILES string of the molecule is CCCCCCCCCCCCCCCCCC[N+](C)(C)C(CC([SiH3])(OC)OC)OC.[Cl-]. The third kappa shape index (κ3) is 17.8. The summed E-state index contributed by atoms with van der Waals surface area (Å²) in [5.41, 5.74) is -0.454. The summed E-state index contributed by atoms with van der Waals surface area (Å²) in [6.45, 7) is 3.43. The van der Waals surface area contributed by atoms with Gasteiger partial charge in [0.2, 0.25) is 0 Å². The molecular weight excluding hydrogens is 438 g/mol. The molecule has 0 N–H and O–H groups in total. The van der Waals surface area contributed by atoms with Crippen LogP contribution in [-0.2, 0) is 14.2 Å². The van der Waals surface area contributed by atoms with E-state index in [1.165, 1.54) is 103 Å². The first kappa shape index (κ1) is 34.5. The molecule has 0 aliphatic rings. The Kier molecular flexibility index (Phi) is 23.6. The van der Waals surface area contributed by atoms with Crippen LogP contribution in [0.25, 0.3) is 0 Å². The Morgan fingerprint density at radius 2 is 1.00 bits per heavy atom. The maximum atomic E-state index is 5.83. The summed E-state index contributed by atoms with van der Waals surface area (Å²) in [6.07, 6.45) is 23.5. The quantitative estimate of drug-likeness (QED) is 0.0943. The number of hydrogen-bond acceptors (Lipinski definition) is 3. The molecule has 0 fully saturated rings. The predicted octanol–water partition coefficient (Wildman–Crippen LogP) is 3.00. The average Bonchev–Trinajstić information content (AvgIpc) is 2.76. The Hall–Kier alpha value is 0.347. The van der Waals surface area contributed by atoms with Crippen LogP contribution in [0.5, 0.6) is 0 Å². The van der Waals surface area contributed by atoms with Gasteiger partial charge in [-0.2, -0.15) is 0 Å². The fourth-order valence-corrected chi connectivity index (χ4v) is 4.74. The Balaban J connectivity index is 0. The van der Waals surface area contributed by atoms with Crippen LogP contribution in [0.3, 0.4) is 0 Å². The third-order valence-electron chi connectivity index (χ3n) is 7.05. The Morgan fingerprint density at radius 3 is 1.31 bits per heavy atom. The smallest absolute Gasteiger partial charge is 0.197 e. The van der Waals surface area contributed by atoms with Gasteiger partial charge in [0, 0.05) is 21.3 Å². The summed E-state index contributed by atoms with van der Waals surface area (Å²) in [5.74, 6) is 0. The lowest BCUT2D eigenvalue weighted by Gasteiger charge is -2.40. The molecule has 0 amide bonds. The van der Waals surface area contributed by atoms with E-state index in [1.807, 2.05) is 7.11 Å². The summed E-state index contributed by atoms with van der Waals surface area (Å²) in [4.78, 5) is 0. The van der Waals surface area contributed by atoms with Crippen molar-refractivity contribution in [1.29, 1.82) is 0 Å². The summed E-state index contributed by atoms with van der Waals surface area (Å²) in [7, 11) is 10.7. The molecule has 0 aliphatic heterocycles. The lowest BCUT2D eigenvalue weighted by molar-refractivity contribution is -0.938. The van der Waals surface area contributed by atoms with E-state index < -0.39 is 5.41 Å². The molecule has 0 aliphatic carbocycles. The molecule has 0 radical (unpaired) electrons. The number of hydrogen-bond donors (Lipinski definition) is 0. The first-order chi connectivity index (χ1) is 14.8. The van der Waals surface area contributed by atoms with Gasteiger partial charge in [0.25, 0.3) is 0 Å². The summed E-state index contributed by atoms with van der Waals surface area (Å²) < 4.78 is 17.9. The van der Waals surface area contributed by atoms with Crippen molar-refractivity contribution in [3.8, 4) is 0 Å². The molecule has 0 saturated heterocycles. The van der Waals surface area contributed by atoms with E-state index in [1.54, 1.807) is 14.2 Å². The molecular formula is C26H58ClNO3Si. The molecule has 32 heavy (non-hydrogen) atoms. The third-order valence-corrected chi connectivity index (χ3v) is 8.27. The van der Waals surface area contributed by atoms with Crippen LogP contribution in [0.15, 0.2) is 0 Å². The van der Waals surface area contributed by atoms with Crippen LogP contribution >= 0.6 is 0 Å². The minimum atomic E-state index is -0.454. The van der Waals surface area contributed by atoms with Gasteiger partial charge in [-0.25, -0.2) is 0 Å². The molecule has 6 heteroatoms. The molecule has 4 nitrogen and oxygen atoms in total. The predicted molar refractivity (Wildman–Crippen MR) is 139 cm³/mol. The molecule has 0 aromatic carbocycles. The van der Waals surface area contributed by atoms with Gasteiger partial charge in [-0.3, -0.25) is 0 Å². The standard InChI is InChI=1S/C26H58NO3Si.ClH/c1-7-8-9-10-11-12-13-14-15-16-17-18-19-20-21-22-23-27(2,3)25(28-4)24-26(31,29-5)30-6;/h25H,7-24H2,1-6,31H3;1H/q+1;/p-1. The van der Waals surface area contributed by atoms with E-state index in [4.69, 9.17) is 14.2 Å². The van der Waals surface area contributed by atoms with Crippen molar-refractivity contribution in [3.05, 3.63) is 0 Å². The number of methoxy groups -OCH3 is 3. The Morgan fingerprint density at radius 1 is 0.656 bits per heavy atom. The van der Waals surface area contributed by atoms with Gasteiger partial charge in [0.15, 0.2) is 6.23 Å². The highest BCUT2D eigenvalue weighted by molar-refractivity contribution is 6.13. The molecule has 0 aromatic rings. The Bertz CT molecular complexity index is 395. The monoisotopic (exact) mass is 495 g/mol. The van der Waals surface area contributed by atoms with Crippen molar-refractivity contribution >= 4 is 10.2 Å². The van der Waals surface area contributed by atoms with Crippen molar-refractivity contribution in [2.75, 3.05) is 42.0 Å².